The van der Waals surface area contributed by atoms with Crippen LogP contribution in [0.5, 0.6) is 0 Å². The molecule has 0 saturated heterocycles. The number of nitrogens with two attached hydrogens (primary N) is 1. The molecule has 0 unspecified atom stereocenters. The van der Waals surface area contributed by atoms with E-state index in [0.29, 0.717) is 19.0 Å². The van der Waals surface area contributed by atoms with Crippen LogP contribution in [0.3, 0.4) is 0 Å². The van der Waals surface area contributed by atoms with Gasteiger partial charge in [-0.2, -0.15) is 5.10 Å². The quantitative estimate of drug-likeness (QED) is 0.711. The Morgan fingerprint density at radius 3 is 2.56 bits per heavy atom. The number of likely N-dealkylation sites (N-methyl/N-ethyl adjacent to an activating group) is 1. The van der Waals surface area contributed by atoms with Crippen LogP contribution >= 0.6 is 0 Å². The number of benzene rings is 1. The van der Waals surface area contributed by atoms with Crippen molar-refractivity contribution in [3.63, 3.8) is 0 Å². The fourth-order valence-corrected chi connectivity index (χ4v) is 4.89. The van der Waals surface area contributed by atoms with Crippen LogP contribution in [-0.4, -0.2) is 51.9 Å². The van der Waals surface area contributed by atoms with Gasteiger partial charge >= 0.3 is 6.09 Å². The minimum Gasteiger partial charge on any atom is -0.444 e. The number of carbonyl (C=O) groups is 2. The Balaban J connectivity index is 1.50. The maximum absolute atomic E-state index is 12.6. The van der Waals surface area contributed by atoms with E-state index in [0.717, 1.165) is 22.4 Å². The minimum absolute atomic E-state index is 0.0755. The molecule has 1 aromatic heterocycles. The molecular weight excluding hydrogens is 430 g/mol. The second-order valence-electron chi connectivity index (χ2n) is 10.8. The van der Waals surface area contributed by atoms with Crippen LogP contribution < -0.4 is 10.6 Å². The van der Waals surface area contributed by atoms with Gasteiger partial charge in [-0.1, -0.05) is 13.0 Å². The lowest BCUT2D eigenvalue weighted by Gasteiger charge is -2.44. The van der Waals surface area contributed by atoms with Crippen LogP contribution in [0.15, 0.2) is 30.6 Å². The zero-order chi connectivity index (χ0) is 24.8. The molecule has 0 bridgehead atoms. The number of anilines is 1. The fourth-order valence-electron chi connectivity index (χ4n) is 4.89. The summed E-state index contributed by atoms with van der Waals surface area (Å²) >= 11 is 0. The lowest BCUT2D eigenvalue weighted by atomic mass is 9.80. The zero-order valence-electron chi connectivity index (χ0n) is 21.1. The number of rotatable bonds is 5. The first-order chi connectivity index (χ1) is 16.0. The standard InChI is InChI=1S/C26H37N5O3/c1-16-23(27)21-13-19(9-10-22(21)31(17(2)32)24(16)18-7-8-18)20-14-28-30(15-20)12-11-29(6)25(33)34-26(3,4)5/h9-10,13-16,18,23-24H,7-8,11-12,27H2,1-6H3/t16-,23-,24-/m1/s1. The van der Waals surface area contributed by atoms with Crippen molar-refractivity contribution in [1.82, 2.24) is 14.7 Å². The van der Waals surface area contributed by atoms with Gasteiger partial charge in [0.15, 0.2) is 0 Å². The van der Waals surface area contributed by atoms with Crippen LogP contribution in [0.25, 0.3) is 11.1 Å². The van der Waals surface area contributed by atoms with E-state index in [4.69, 9.17) is 10.5 Å². The number of hydrogen-bond acceptors (Lipinski definition) is 5. The first-order valence-electron chi connectivity index (χ1n) is 12.1. The normalized spacial score (nSPS) is 22.3. The van der Waals surface area contributed by atoms with Gasteiger partial charge in [0.25, 0.3) is 0 Å². The summed E-state index contributed by atoms with van der Waals surface area (Å²) in [5.41, 5.74) is 10.1. The molecule has 2 amide bonds. The second kappa shape index (κ2) is 9.06. The van der Waals surface area contributed by atoms with Crippen molar-refractivity contribution in [2.45, 2.75) is 71.7 Å². The molecule has 4 rings (SSSR count). The van der Waals surface area contributed by atoms with Crippen LogP contribution in [0.1, 0.15) is 59.1 Å². The number of hydrogen-bond donors (Lipinski definition) is 1. The molecule has 34 heavy (non-hydrogen) atoms. The molecule has 0 radical (unpaired) electrons. The molecule has 2 N–H and O–H groups in total. The van der Waals surface area contributed by atoms with Crippen molar-refractivity contribution in [2.24, 2.45) is 17.6 Å². The third-order valence-corrected chi connectivity index (χ3v) is 6.83. The van der Waals surface area contributed by atoms with E-state index in [1.54, 1.807) is 18.9 Å². The highest BCUT2D eigenvalue weighted by atomic mass is 16.6. The van der Waals surface area contributed by atoms with Gasteiger partial charge in [0, 0.05) is 50.0 Å². The number of nitrogens with zero attached hydrogens (tertiary/aromatic N) is 4. The van der Waals surface area contributed by atoms with Crippen molar-refractivity contribution >= 4 is 17.7 Å². The Morgan fingerprint density at radius 2 is 1.94 bits per heavy atom. The molecule has 1 aliphatic heterocycles. The van der Waals surface area contributed by atoms with E-state index < -0.39 is 5.60 Å². The Bertz CT molecular complexity index is 1070. The molecule has 3 atom stereocenters. The van der Waals surface area contributed by atoms with Crippen molar-refractivity contribution in [1.29, 1.82) is 0 Å². The number of fused-ring (bicyclic) bond motifs is 1. The number of aromatic nitrogens is 2. The summed E-state index contributed by atoms with van der Waals surface area (Å²) in [5, 5.41) is 4.47. The van der Waals surface area contributed by atoms with Gasteiger partial charge in [-0.05, 0) is 68.7 Å². The maximum Gasteiger partial charge on any atom is 0.410 e. The molecule has 0 spiro atoms. The summed E-state index contributed by atoms with van der Waals surface area (Å²) in [6, 6.07) is 6.23. The molecule has 1 aromatic carbocycles. The molecule has 1 fully saturated rings. The van der Waals surface area contributed by atoms with E-state index in [-0.39, 0.29) is 30.0 Å². The van der Waals surface area contributed by atoms with Crippen molar-refractivity contribution in [3.8, 4) is 11.1 Å². The van der Waals surface area contributed by atoms with Gasteiger partial charge in [0.2, 0.25) is 5.91 Å². The van der Waals surface area contributed by atoms with Crippen molar-refractivity contribution in [3.05, 3.63) is 36.2 Å². The number of carbonyl (C=O) groups excluding carboxylic acids is 2. The molecule has 8 nitrogen and oxygen atoms in total. The highest BCUT2D eigenvalue weighted by Crippen LogP contribution is 2.49. The van der Waals surface area contributed by atoms with Gasteiger partial charge in [0.05, 0.1) is 12.7 Å². The molecule has 2 heterocycles. The van der Waals surface area contributed by atoms with Crippen LogP contribution in [-0.2, 0) is 16.1 Å². The lowest BCUT2D eigenvalue weighted by Crippen LogP contribution is -2.51. The summed E-state index contributed by atoms with van der Waals surface area (Å²) < 4.78 is 7.23. The lowest BCUT2D eigenvalue weighted by molar-refractivity contribution is -0.117. The molecule has 1 saturated carbocycles. The van der Waals surface area contributed by atoms with E-state index in [1.165, 1.54) is 12.8 Å². The predicted octanol–water partition coefficient (Wildman–Crippen LogP) is 4.20. The topological polar surface area (TPSA) is 93.7 Å². The van der Waals surface area contributed by atoms with E-state index >= 15 is 0 Å². The van der Waals surface area contributed by atoms with Gasteiger partial charge in [0.1, 0.15) is 5.60 Å². The van der Waals surface area contributed by atoms with Gasteiger partial charge < -0.3 is 20.3 Å². The van der Waals surface area contributed by atoms with E-state index in [2.05, 4.69) is 18.1 Å². The predicted molar refractivity (Wildman–Crippen MR) is 132 cm³/mol. The molecule has 8 heteroatoms. The van der Waals surface area contributed by atoms with Crippen LogP contribution in [0.4, 0.5) is 10.5 Å². The first-order valence-corrected chi connectivity index (χ1v) is 12.1. The third-order valence-electron chi connectivity index (χ3n) is 6.83. The maximum atomic E-state index is 12.6. The van der Waals surface area contributed by atoms with Crippen LogP contribution in [0, 0.1) is 11.8 Å². The smallest absolute Gasteiger partial charge is 0.410 e. The highest BCUT2D eigenvalue weighted by molar-refractivity contribution is 5.94. The summed E-state index contributed by atoms with van der Waals surface area (Å²) in [5.74, 6) is 0.826. The SMILES string of the molecule is CC(=O)N1c2ccc(-c3cnn(CCN(C)C(=O)OC(C)(C)C)c3)cc2[C@H](N)[C@@H](C)[C@@H]1C1CC1. The zero-order valence-corrected chi connectivity index (χ0v) is 21.1. The van der Waals surface area contributed by atoms with Gasteiger partial charge in [-0.15, -0.1) is 0 Å². The fraction of sp³-hybridized carbons (Fsp3) is 0.577. The second-order valence-corrected chi connectivity index (χ2v) is 10.8. The average molecular weight is 468 g/mol. The highest BCUT2D eigenvalue weighted by Gasteiger charge is 2.46. The largest absolute Gasteiger partial charge is 0.444 e. The average Bonchev–Trinajstić information content (AvgIpc) is 3.49. The molecule has 2 aromatic rings. The molecule has 184 valence electrons. The minimum atomic E-state index is -0.522. The molecule has 2 aliphatic rings. The van der Waals surface area contributed by atoms with Gasteiger partial charge in [-0.25, -0.2) is 4.79 Å². The Morgan fingerprint density at radius 1 is 1.24 bits per heavy atom. The summed E-state index contributed by atoms with van der Waals surface area (Å²) in [6.45, 7) is 10.4. The van der Waals surface area contributed by atoms with Crippen molar-refractivity contribution < 1.29 is 14.3 Å². The summed E-state index contributed by atoms with van der Waals surface area (Å²) in [4.78, 5) is 28.3. The van der Waals surface area contributed by atoms with E-state index in [1.807, 2.05) is 54.9 Å². The monoisotopic (exact) mass is 467 g/mol. The Kier molecular flexibility index (Phi) is 6.46. The molecular formula is C26H37N5O3. The summed E-state index contributed by atoms with van der Waals surface area (Å²) in [6.07, 6.45) is 5.78. The first kappa shape index (κ1) is 24.3. The third kappa shape index (κ3) is 4.97. The number of amides is 2. The Hall–Kier alpha value is -2.87. The van der Waals surface area contributed by atoms with Gasteiger partial charge in [-0.3, -0.25) is 9.48 Å². The summed E-state index contributed by atoms with van der Waals surface area (Å²) in [7, 11) is 1.72. The Labute approximate surface area is 202 Å². The number of ether oxygens (including phenoxy) is 1. The van der Waals surface area contributed by atoms with Crippen LogP contribution in [0.2, 0.25) is 0 Å². The molecule has 1 aliphatic carbocycles. The van der Waals surface area contributed by atoms with Crippen molar-refractivity contribution in [2.75, 3.05) is 18.5 Å². The van der Waals surface area contributed by atoms with E-state index in [9.17, 15) is 9.59 Å².